The minimum absolute atomic E-state index is 0.0392. The third-order valence-electron chi connectivity index (χ3n) is 5.47. The van der Waals surface area contributed by atoms with Crippen LogP contribution in [-0.4, -0.2) is 29.0 Å². The molecule has 0 bridgehead atoms. The van der Waals surface area contributed by atoms with Crippen LogP contribution >= 0.6 is 0 Å². The van der Waals surface area contributed by atoms with Crippen molar-refractivity contribution >= 4 is 17.4 Å². The maximum atomic E-state index is 12.9. The summed E-state index contributed by atoms with van der Waals surface area (Å²) in [5, 5.41) is 3.07. The van der Waals surface area contributed by atoms with Crippen LogP contribution in [-0.2, 0) is 4.79 Å². The number of amides is 1. The monoisotopic (exact) mass is 402 g/mol. The number of rotatable bonds is 5. The number of benzene rings is 2. The molecule has 3 aromatic rings. The van der Waals surface area contributed by atoms with Crippen molar-refractivity contribution in [1.82, 2.24) is 9.97 Å². The van der Waals surface area contributed by atoms with E-state index >= 15 is 0 Å². The van der Waals surface area contributed by atoms with E-state index in [1.807, 2.05) is 48.5 Å². The molecule has 4 rings (SSSR count). The first kappa shape index (κ1) is 19.9. The van der Waals surface area contributed by atoms with Gasteiger partial charge < -0.3 is 15.0 Å². The number of anilines is 2. The van der Waals surface area contributed by atoms with E-state index in [-0.39, 0.29) is 11.8 Å². The summed E-state index contributed by atoms with van der Waals surface area (Å²) >= 11 is 0. The number of para-hydroxylation sites is 1. The van der Waals surface area contributed by atoms with E-state index in [4.69, 9.17) is 4.74 Å². The predicted molar refractivity (Wildman–Crippen MR) is 118 cm³/mol. The quantitative estimate of drug-likeness (QED) is 0.668. The van der Waals surface area contributed by atoms with E-state index in [1.54, 1.807) is 12.4 Å². The Bertz CT molecular complexity index is 1020. The van der Waals surface area contributed by atoms with E-state index in [1.165, 1.54) is 11.1 Å². The molecule has 1 aliphatic heterocycles. The molecule has 0 unspecified atom stereocenters. The number of nitrogens with zero attached hydrogens (tertiary/aromatic N) is 3. The van der Waals surface area contributed by atoms with Gasteiger partial charge in [-0.2, -0.15) is 0 Å². The summed E-state index contributed by atoms with van der Waals surface area (Å²) in [7, 11) is 0. The molecular weight excluding hydrogens is 376 g/mol. The van der Waals surface area contributed by atoms with Gasteiger partial charge in [0.25, 0.3) is 5.88 Å². The molecule has 30 heavy (non-hydrogen) atoms. The molecule has 1 atom stereocenters. The summed E-state index contributed by atoms with van der Waals surface area (Å²) in [6.07, 6.45) is 5.04. The maximum Gasteiger partial charge on any atom is 0.263 e. The van der Waals surface area contributed by atoms with E-state index in [0.29, 0.717) is 24.0 Å². The van der Waals surface area contributed by atoms with Crippen molar-refractivity contribution in [2.24, 2.45) is 5.92 Å². The van der Waals surface area contributed by atoms with Crippen LogP contribution in [0.3, 0.4) is 0 Å². The second kappa shape index (κ2) is 8.95. The lowest BCUT2D eigenvalue weighted by Gasteiger charge is -2.33. The summed E-state index contributed by atoms with van der Waals surface area (Å²) < 4.78 is 5.96. The van der Waals surface area contributed by atoms with Crippen LogP contribution in [0.4, 0.5) is 11.5 Å². The van der Waals surface area contributed by atoms with Crippen LogP contribution in [0, 0.1) is 19.8 Å². The molecule has 2 aromatic carbocycles. The number of piperidine rings is 1. The van der Waals surface area contributed by atoms with E-state index < -0.39 is 0 Å². The minimum Gasteiger partial charge on any atom is -0.436 e. The highest BCUT2D eigenvalue weighted by molar-refractivity contribution is 5.93. The van der Waals surface area contributed by atoms with E-state index in [9.17, 15) is 4.79 Å². The highest BCUT2D eigenvalue weighted by Gasteiger charge is 2.28. The molecule has 154 valence electrons. The van der Waals surface area contributed by atoms with Crippen molar-refractivity contribution in [3.8, 4) is 11.6 Å². The Morgan fingerprint density at radius 2 is 1.87 bits per heavy atom. The Kier molecular flexibility index (Phi) is 5.93. The van der Waals surface area contributed by atoms with Crippen molar-refractivity contribution in [2.45, 2.75) is 26.7 Å². The van der Waals surface area contributed by atoms with E-state index in [0.717, 1.165) is 25.1 Å². The Morgan fingerprint density at radius 1 is 1.07 bits per heavy atom. The zero-order valence-corrected chi connectivity index (χ0v) is 17.3. The maximum absolute atomic E-state index is 12.9. The minimum atomic E-state index is -0.119. The van der Waals surface area contributed by atoms with Gasteiger partial charge in [0.15, 0.2) is 5.82 Å². The molecular formula is C24H26N4O2. The lowest BCUT2D eigenvalue weighted by molar-refractivity contribution is -0.120. The molecule has 0 saturated carbocycles. The van der Waals surface area contributed by atoms with Gasteiger partial charge >= 0.3 is 0 Å². The molecule has 1 aromatic heterocycles. The van der Waals surface area contributed by atoms with Crippen molar-refractivity contribution in [2.75, 3.05) is 23.3 Å². The van der Waals surface area contributed by atoms with Crippen molar-refractivity contribution in [1.29, 1.82) is 0 Å². The number of aromatic nitrogens is 2. The van der Waals surface area contributed by atoms with Crippen molar-refractivity contribution < 1.29 is 9.53 Å². The highest BCUT2D eigenvalue weighted by Crippen LogP contribution is 2.31. The molecule has 0 aliphatic carbocycles. The number of carbonyl (C=O) groups is 1. The average molecular weight is 402 g/mol. The fraction of sp³-hybridized carbons (Fsp3) is 0.292. The molecule has 1 saturated heterocycles. The van der Waals surface area contributed by atoms with Gasteiger partial charge in [-0.25, -0.2) is 9.97 Å². The van der Waals surface area contributed by atoms with Gasteiger partial charge in [-0.05, 0) is 62.1 Å². The third-order valence-corrected chi connectivity index (χ3v) is 5.47. The molecule has 1 N–H and O–H groups in total. The smallest absolute Gasteiger partial charge is 0.263 e. The van der Waals surface area contributed by atoms with Crippen LogP contribution in [0.1, 0.15) is 24.0 Å². The normalized spacial score (nSPS) is 16.2. The second-order valence-electron chi connectivity index (χ2n) is 7.67. The van der Waals surface area contributed by atoms with Gasteiger partial charge in [-0.3, -0.25) is 4.79 Å². The SMILES string of the molecule is Cc1ccc(NC(=O)[C@H]2CCCN(c3nccnc3Oc3ccccc3)C2)cc1C. The van der Waals surface area contributed by atoms with Crippen molar-refractivity contribution in [3.63, 3.8) is 0 Å². The first-order valence-corrected chi connectivity index (χ1v) is 10.3. The molecule has 1 fully saturated rings. The van der Waals surface area contributed by atoms with Crippen LogP contribution < -0.4 is 15.0 Å². The molecule has 1 amide bonds. The van der Waals surface area contributed by atoms with Gasteiger partial charge in [0.2, 0.25) is 5.91 Å². The number of hydrogen-bond acceptors (Lipinski definition) is 5. The number of aryl methyl sites for hydroxylation is 2. The summed E-state index contributed by atoms with van der Waals surface area (Å²) in [4.78, 5) is 23.9. The number of hydrogen-bond donors (Lipinski definition) is 1. The first-order valence-electron chi connectivity index (χ1n) is 10.3. The first-order chi connectivity index (χ1) is 14.6. The molecule has 6 heteroatoms. The molecule has 6 nitrogen and oxygen atoms in total. The predicted octanol–water partition coefficient (Wildman–Crippen LogP) is 4.74. The topological polar surface area (TPSA) is 67.4 Å². The van der Waals surface area contributed by atoms with Crippen LogP contribution in [0.2, 0.25) is 0 Å². The third kappa shape index (κ3) is 4.59. The van der Waals surface area contributed by atoms with Gasteiger partial charge in [0.05, 0.1) is 5.92 Å². The molecule has 2 heterocycles. The van der Waals surface area contributed by atoms with Gasteiger partial charge in [-0.1, -0.05) is 24.3 Å². The fourth-order valence-corrected chi connectivity index (χ4v) is 3.65. The lowest BCUT2D eigenvalue weighted by Crippen LogP contribution is -2.41. The van der Waals surface area contributed by atoms with E-state index in [2.05, 4.69) is 34.0 Å². The standard InChI is InChI=1S/C24H26N4O2/c1-17-10-11-20(15-18(17)2)27-23(29)19-7-6-14-28(16-19)22-24(26-13-12-25-22)30-21-8-4-3-5-9-21/h3-5,8-13,15,19H,6-7,14,16H2,1-2H3,(H,27,29)/t19-/m0/s1. The molecule has 0 spiro atoms. The largest absolute Gasteiger partial charge is 0.436 e. The summed E-state index contributed by atoms with van der Waals surface area (Å²) in [6, 6.07) is 15.5. The lowest BCUT2D eigenvalue weighted by atomic mass is 9.97. The Hall–Kier alpha value is -3.41. The van der Waals surface area contributed by atoms with Gasteiger partial charge in [-0.15, -0.1) is 0 Å². The number of nitrogens with one attached hydrogen (secondary N) is 1. The molecule has 1 aliphatic rings. The zero-order chi connectivity index (χ0) is 20.9. The Morgan fingerprint density at radius 3 is 2.67 bits per heavy atom. The Labute approximate surface area is 176 Å². The van der Waals surface area contributed by atoms with Crippen LogP contribution in [0.15, 0.2) is 60.9 Å². The highest BCUT2D eigenvalue weighted by atomic mass is 16.5. The fourth-order valence-electron chi connectivity index (χ4n) is 3.65. The van der Waals surface area contributed by atoms with Crippen LogP contribution in [0.25, 0.3) is 0 Å². The Balaban J connectivity index is 1.47. The van der Waals surface area contributed by atoms with Gasteiger partial charge in [0, 0.05) is 31.2 Å². The van der Waals surface area contributed by atoms with Crippen molar-refractivity contribution in [3.05, 3.63) is 72.1 Å². The summed E-state index contributed by atoms with van der Waals surface area (Å²) in [6.45, 7) is 5.52. The number of ether oxygens (including phenoxy) is 1. The second-order valence-corrected chi connectivity index (χ2v) is 7.67. The van der Waals surface area contributed by atoms with Crippen LogP contribution in [0.5, 0.6) is 11.6 Å². The van der Waals surface area contributed by atoms with Gasteiger partial charge in [0.1, 0.15) is 5.75 Å². The summed E-state index contributed by atoms with van der Waals surface area (Å²) in [5.41, 5.74) is 3.22. The summed E-state index contributed by atoms with van der Waals surface area (Å²) in [5.74, 6) is 1.76. The molecule has 0 radical (unpaired) electrons. The zero-order valence-electron chi connectivity index (χ0n) is 17.3. The number of carbonyl (C=O) groups excluding carboxylic acids is 1. The average Bonchev–Trinajstić information content (AvgIpc) is 2.77.